The van der Waals surface area contributed by atoms with Crippen LogP contribution in [0.3, 0.4) is 0 Å². The second-order valence-electron chi connectivity index (χ2n) is 7.62. The van der Waals surface area contributed by atoms with Crippen molar-refractivity contribution in [1.29, 1.82) is 0 Å². The van der Waals surface area contributed by atoms with Crippen molar-refractivity contribution in [2.24, 2.45) is 0 Å². The zero-order valence-corrected chi connectivity index (χ0v) is 16.7. The van der Waals surface area contributed by atoms with E-state index in [0.717, 1.165) is 5.69 Å². The average molecular weight is 433 g/mol. The number of hydrogen-bond donors (Lipinski definition) is 2. The van der Waals surface area contributed by atoms with E-state index in [2.05, 4.69) is 5.10 Å². The van der Waals surface area contributed by atoms with Gasteiger partial charge in [-0.1, -0.05) is 54.6 Å². The lowest BCUT2D eigenvalue weighted by Crippen LogP contribution is -2.43. The Morgan fingerprint density at radius 2 is 1.50 bits per heavy atom. The van der Waals surface area contributed by atoms with Crippen molar-refractivity contribution in [3.8, 4) is 5.69 Å². The van der Waals surface area contributed by atoms with Crippen molar-refractivity contribution >= 4 is 27.4 Å². The van der Waals surface area contributed by atoms with Crippen LogP contribution >= 0.6 is 0 Å². The number of para-hydroxylation sites is 1. The fourth-order valence-corrected chi connectivity index (χ4v) is 4.14. The Hall–Kier alpha value is -3.84. The summed E-state index contributed by atoms with van der Waals surface area (Å²) in [6, 6.07) is 22.6. The molecule has 0 spiro atoms. The molecule has 4 nitrogen and oxygen atoms in total. The molecule has 0 saturated carbocycles. The van der Waals surface area contributed by atoms with Crippen LogP contribution in [0.1, 0.15) is 11.1 Å². The maximum Gasteiger partial charge on any atom is 0.425 e. The topological polar surface area (TPSA) is 64.1 Å². The number of hydrogen-bond acceptors (Lipinski definition) is 3. The molecule has 4 aromatic carbocycles. The summed E-state index contributed by atoms with van der Waals surface area (Å²) in [6.07, 6.45) is -3.49. The summed E-state index contributed by atoms with van der Waals surface area (Å²) < 4.78 is 45.1. The molecule has 0 fully saturated rings. The molecule has 5 rings (SSSR count). The molecule has 7 heteroatoms. The zero-order valence-electron chi connectivity index (χ0n) is 16.7. The number of halogens is 3. The van der Waals surface area contributed by atoms with Gasteiger partial charge in [-0.15, -0.1) is 0 Å². The first-order chi connectivity index (χ1) is 15.3. The minimum atomic E-state index is -4.98. The van der Waals surface area contributed by atoms with Crippen molar-refractivity contribution < 1.29 is 18.3 Å². The van der Waals surface area contributed by atoms with Crippen LogP contribution in [0.2, 0.25) is 0 Å². The molecule has 1 aromatic heterocycles. The van der Waals surface area contributed by atoms with Crippen LogP contribution in [-0.4, -0.2) is 21.1 Å². The van der Waals surface area contributed by atoms with Gasteiger partial charge in [0.25, 0.3) is 0 Å². The number of nitrogen functional groups attached to an aromatic ring is 1. The quantitative estimate of drug-likeness (QED) is 0.366. The molecule has 32 heavy (non-hydrogen) atoms. The molecule has 1 atom stereocenters. The van der Waals surface area contributed by atoms with Gasteiger partial charge in [-0.2, -0.15) is 18.3 Å². The van der Waals surface area contributed by atoms with Gasteiger partial charge in [-0.3, -0.25) is 0 Å². The van der Waals surface area contributed by atoms with Crippen molar-refractivity contribution in [1.82, 2.24) is 9.78 Å². The summed E-state index contributed by atoms with van der Waals surface area (Å²) in [5.74, 6) is 0. The summed E-state index contributed by atoms with van der Waals surface area (Å²) in [5.41, 5.74) is 3.93. The van der Waals surface area contributed by atoms with E-state index in [1.54, 1.807) is 28.9 Å². The van der Waals surface area contributed by atoms with E-state index in [0.29, 0.717) is 22.0 Å². The summed E-state index contributed by atoms with van der Waals surface area (Å²) >= 11 is 0. The third-order valence-electron chi connectivity index (χ3n) is 5.74. The SMILES string of the molecule is Nc1ccc(C(O)(c2ccc3c(cnn3-c3ccccc3)c2)C(F)(F)F)c2ccccc12. The third-order valence-corrected chi connectivity index (χ3v) is 5.74. The highest BCUT2D eigenvalue weighted by atomic mass is 19.4. The second kappa shape index (κ2) is 7.10. The van der Waals surface area contributed by atoms with Gasteiger partial charge in [0.2, 0.25) is 5.60 Å². The minimum Gasteiger partial charge on any atom is -0.398 e. The molecule has 0 aliphatic rings. The second-order valence-corrected chi connectivity index (χ2v) is 7.62. The first-order valence-electron chi connectivity index (χ1n) is 9.91. The molecule has 0 radical (unpaired) electrons. The van der Waals surface area contributed by atoms with Gasteiger partial charge in [0, 0.05) is 22.0 Å². The summed E-state index contributed by atoms with van der Waals surface area (Å²) in [6.45, 7) is 0. The summed E-state index contributed by atoms with van der Waals surface area (Å²) in [5, 5.41) is 16.8. The maximum atomic E-state index is 14.5. The van der Waals surface area contributed by atoms with Gasteiger partial charge in [-0.05, 0) is 41.3 Å². The van der Waals surface area contributed by atoms with Crippen LogP contribution in [0.25, 0.3) is 27.4 Å². The normalized spacial score (nSPS) is 14.0. The van der Waals surface area contributed by atoms with Crippen LogP contribution in [0, 0.1) is 0 Å². The Morgan fingerprint density at radius 1 is 0.812 bits per heavy atom. The highest BCUT2D eigenvalue weighted by molar-refractivity contribution is 5.96. The number of aromatic nitrogens is 2. The van der Waals surface area contributed by atoms with E-state index in [4.69, 9.17) is 5.73 Å². The van der Waals surface area contributed by atoms with Gasteiger partial charge >= 0.3 is 6.18 Å². The Bertz CT molecular complexity index is 1440. The van der Waals surface area contributed by atoms with Crippen LogP contribution < -0.4 is 5.73 Å². The standard InChI is InChI=1S/C25H18F3N3O/c26-25(27,28)24(32,21-11-12-22(29)20-9-5-4-8-19(20)21)17-10-13-23-16(14-17)15-30-31(23)18-6-2-1-3-7-18/h1-15,32H,29H2. The molecule has 160 valence electrons. The van der Waals surface area contributed by atoms with Gasteiger partial charge in [-0.25, -0.2) is 4.68 Å². The van der Waals surface area contributed by atoms with E-state index in [1.165, 1.54) is 36.5 Å². The first-order valence-corrected chi connectivity index (χ1v) is 9.91. The van der Waals surface area contributed by atoms with Gasteiger partial charge in [0.1, 0.15) is 0 Å². The lowest BCUT2D eigenvalue weighted by atomic mass is 9.82. The third kappa shape index (κ3) is 2.93. The van der Waals surface area contributed by atoms with E-state index >= 15 is 0 Å². The fraction of sp³-hybridized carbons (Fsp3) is 0.0800. The molecule has 0 saturated heterocycles. The van der Waals surface area contributed by atoms with Crippen LogP contribution in [0.15, 0.2) is 91.1 Å². The highest BCUT2D eigenvalue weighted by Gasteiger charge is 2.57. The summed E-state index contributed by atoms with van der Waals surface area (Å²) in [4.78, 5) is 0. The number of nitrogens with zero attached hydrogens (tertiary/aromatic N) is 2. The molecular weight excluding hydrogens is 415 g/mol. The molecule has 0 aliphatic heterocycles. The van der Waals surface area contributed by atoms with Crippen LogP contribution in [-0.2, 0) is 5.60 Å². The van der Waals surface area contributed by atoms with Crippen molar-refractivity contribution in [3.05, 3.63) is 102 Å². The van der Waals surface area contributed by atoms with E-state index in [-0.39, 0.29) is 16.5 Å². The largest absolute Gasteiger partial charge is 0.425 e. The van der Waals surface area contributed by atoms with Gasteiger partial charge < -0.3 is 10.8 Å². The molecule has 5 aromatic rings. The molecule has 0 bridgehead atoms. The lowest BCUT2D eigenvalue weighted by Gasteiger charge is -2.32. The van der Waals surface area contributed by atoms with Crippen molar-refractivity contribution in [2.75, 3.05) is 5.73 Å². The van der Waals surface area contributed by atoms with Crippen molar-refractivity contribution in [2.45, 2.75) is 11.8 Å². The fourth-order valence-electron chi connectivity index (χ4n) is 4.14. The molecule has 0 amide bonds. The first kappa shape index (κ1) is 20.1. The van der Waals surface area contributed by atoms with Crippen LogP contribution in [0.4, 0.5) is 18.9 Å². The molecule has 3 N–H and O–H groups in total. The van der Waals surface area contributed by atoms with E-state index < -0.39 is 11.8 Å². The number of rotatable bonds is 3. The monoisotopic (exact) mass is 433 g/mol. The Morgan fingerprint density at radius 3 is 2.22 bits per heavy atom. The van der Waals surface area contributed by atoms with Gasteiger partial charge in [0.15, 0.2) is 0 Å². The number of aliphatic hydroxyl groups is 1. The molecule has 1 heterocycles. The van der Waals surface area contributed by atoms with Crippen LogP contribution in [0.5, 0.6) is 0 Å². The lowest BCUT2D eigenvalue weighted by molar-refractivity contribution is -0.247. The van der Waals surface area contributed by atoms with Crippen molar-refractivity contribution in [3.63, 3.8) is 0 Å². The smallest absolute Gasteiger partial charge is 0.398 e. The average Bonchev–Trinajstić information content (AvgIpc) is 3.22. The number of fused-ring (bicyclic) bond motifs is 2. The predicted molar refractivity (Wildman–Crippen MR) is 118 cm³/mol. The maximum absolute atomic E-state index is 14.5. The predicted octanol–water partition coefficient (Wildman–Crippen LogP) is 5.56. The van der Waals surface area contributed by atoms with E-state index in [9.17, 15) is 18.3 Å². The molecule has 0 aliphatic carbocycles. The molecule has 1 unspecified atom stereocenters. The Labute approximate surface area is 181 Å². The number of benzene rings is 4. The van der Waals surface area contributed by atoms with Gasteiger partial charge in [0.05, 0.1) is 17.4 Å². The molecular formula is C25H18F3N3O. The Balaban J connectivity index is 1.74. The highest BCUT2D eigenvalue weighted by Crippen LogP contribution is 2.47. The Kier molecular flexibility index (Phi) is 4.46. The number of alkyl halides is 3. The van der Waals surface area contributed by atoms with E-state index in [1.807, 2.05) is 30.3 Å². The summed E-state index contributed by atoms with van der Waals surface area (Å²) in [7, 11) is 0. The minimum absolute atomic E-state index is 0.243. The zero-order chi connectivity index (χ0) is 22.5. The number of nitrogens with two attached hydrogens (primary N) is 1. The number of anilines is 1.